The van der Waals surface area contributed by atoms with Crippen LogP contribution in [0.2, 0.25) is 0 Å². The van der Waals surface area contributed by atoms with Crippen LogP contribution in [0.3, 0.4) is 0 Å². The van der Waals surface area contributed by atoms with Crippen molar-refractivity contribution in [1.82, 2.24) is 10.6 Å². The van der Waals surface area contributed by atoms with Gasteiger partial charge in [-0.25, -0.2) is 0 Å². The molecule has 0 aliphatic heterocycles. The van der Waals surface area contributed by atoms with Gasteiger partial charge in [-0.1, -0.05) is 0 Å². The van der Waals surface area contributed by atoms with Crippen molar-refractivity contribution in [3.63, 3.8) is 0 Å². The maximum atomic E-state index is 11.4. The quantitative estimate of drug-likeness (QED) is 0.281. The summed E-state index contributed by atoms with van der Waals surface area (Å²) in [6.45, 7) is 1.44. The van der Waals surface area contributed by atoms with Gasteiger partial charge in [0.2, 0.25) is 0 Å². The van der Waals surface area contributed by atoms with Crippen molar-refractivity contribution < 1.29 is 9.53 Å². The molecule has 0 heterocycles. The molecule has 0 saturated carbocycles. The van der Waals surface area contributed by atoms with E-state index >= 15 is 0 Å². The lowest BCUT2D eigenvalue weighted by Crippen LogP contribution is -2.28. The van der Waals surface area contributed by atoms with Gasteiger partial charge in [0.25, 0.3) is 5.91 Å². The molecule has 6 heteroatoms. The van der Waals surface area contributed by atoms with Crippen LogP contribution in [-0.4, -0.2) is 38.6 Å². The van der Waals surface area contributed by atoms with Crippen LogP contribution in [0.5, 0.6) is 0 Å². The van der Waals surface area contributed by atoms with Crippen LogP contribution in [0.25, 0.3) is 0 Å². The highest BCUT2D eigenvalue weighted by molar-refractivity contribution is 6.17. The average Bonchev–Trinajstić information content (AvgIpc) is 2.29. The third-order valence-corrected chi connectivity index (χ3v) is 1.93. The van der Waals surface area contributed by atoms with Crippen molar-refractivity contribution in [3.05, 3.63) is 11.8 Å². The minimum Gasteiger partial charge on any atom is -0.390 e. The Labute approximate surface area is 100 Å². The van der Waals surface area contributed by atoms with E-state index in [1.807, 2.05) is 6.07 Å². The first-order valence-electron chi connectivity index (χ1n) is 4.93. The van der Waals surface area contributed by atoms with E-state index < -0.39 is 5.91 Å². The van der Waals surface area contributed by atoms with E-state index in [2.05, 4.69) is 10.6 Å². The molecule has 0 aromatic rings. The zero-order valence-electron chi connectivity index (χ0n) is 9.25. The monoisotopic (exact) mass is 245 g/mol. The van der Waals surface area contributed by atoms with Crippen molar-refractivity contribution in [2.45, 2.75) is 6.42 Å². The van der Waals surface area contributed by atoms with E-state index in [-0.39, 0.29) is 5.57 Å². The number of rotatable bonds is 8. The largest absolute Gasteiger partial charge is 0.390 e. The SMILES string of the molecule is COCCNC(=O)/C(C#N)=C\NCCCCl. The van der Waals surface area contributed by atoms with Crippen molar-refractivity contribution in [3.8, 4) is 6.07 Å². The number of carbonyl (C=O) groups excluding carboxylic acids is 1. The molecule has 0 bridgehead atoms. The second-order valence-electron chi connectivity index (χ2n) is 2.92. The summed E-state index contributed by atoms with van der Waals surface area (Å²) in [6.07, 6.45) is 2.18. The summed E-state index contributed by atoms with van der Waals surface area (Å²) >= 11 is 5.48. The van der Waals surface area contributed by atoms with Gasteiger partial charge in [0, 0.05) is 32.3 Å². The van der Waals surface area contributed by atoms with Crippen molar-refractivity contribution in [2.75, 3.05) is 32.7 Å². The molecule has 5 nitrogen and oxygen atoms in total. The Bertz CT molecular complexity index is 274. The first-order valence-corrected chi connectivity index (χ1v) is 5.46. The maximum absolute atomic E-state index is 11.4. The third-order valence-electron chi connectivity index (χ3n) is 1.66. The van der Waals surface area contributed by atoms with E-state index in [4.69, 9.17) is 21.6 Å². The smallest absolute Gasteiger partial charge is 0.263 e. The number of halogens is 1. The number of nitrogens with one attached hydrogen (secondary N) is 2. The summed E-state index contributed by atoms with van der Waals surface area (Å²) < 4.78 is 4.77. The van der Waals surface area contributed by atoms with Crippen LogP contribution in [0.4, 0.5) is 0 Å². The fourth-order valence-corrected chi connectivity index (χ4v) is 0.987. The molecule has 0 rings (SSSR count). The molecule has 0 unspecified atom stereocenters. The standard InChI is InChI=1S/C10H16ClN3O2/c1-16-6-5-14-10(15)9(7-12)8-13-4-2-3-11/h8,13H,2-6H2,1H3,(H,14,15)/b9-8-. The van der Waals surface area contributed by atoms with Crippen LogP contribution in [0.15, 0.2) is 11.8 Å². The lowest BCUT2D eigenvalue weighted by molar-refractivity contribution is -0.117. The van der Waals surface area contributed by atoms with Crippen LogP contribution >= 0.6 is 11.6 Å². The van der Waals surface area contributed by atoms with E-state index in [1.165, 1.54) is 6.20 Å². The Kier molecular flexibility index (Phi) is 9.47. The van der Waals surface area contributed by atoms with Crippen LogP contribution in [0, 0.1) is 11.3 Å². The number of nitriles is 1. The molecule has 1 amide bonds. The van der Waals surface area contributed by atoms with Gasteiger partial charge in [-0.15, -0.1) is 11.6 Å². The van der Waals surface area contributed by atoms with Gasteiger partial charge >= 0.3 is 0 Å². The minimum absolute atomic E-state index is 0.0469. The molecule has 2 N–H and O–H groups in total. The lowest BCUT2D eigenvalue weighted by atomic mass is 10.3. The number of carbonyl (C=O) groups is 1. The number of hydrogen-bond acceptors (Lipinski definition) is 4. The molecule has 0 atom stereocenters. The Hall–Kier alpha value is -1.25. The highest BCUT2D eigenvalue weighted by Gasteiger charge is 2.06. The molecule has 90 valence electrons. The van der Waals surface area contributed by atoms with E-state index in [0.717, 1.165) is 6.42 Å². The molecular formula is C10H16ClN3O2. The summed E-state index contributed by atoms with van der Waals surface area (Å²) in [5, 5.41) is 14.1. The highest BCUT2D eigenvalue weighted by Crippen LogP contribution is 1.90. The second-order valence-corrected chi connectivity index (χ2v) is 3.29. The summed E-state index contributed by atoms with van der Waals surface area (Å²) in [4.78, 5) is 11.4. The summed E-state index contributed by atoms with van der Waals surface area (Å²) in [5.74, 6) is 0.140. The lowest BCUT2D eigenvalue weighted by Gasteiger charge is -2.03. The molecule has 0 aromatic carbocycles. The molecule has 0 aromatic heterocycles. The van der Waals surface area contributed by atoms with E-state index in [1.54, 1.807) is 7.11 Å². The molecule has 0 aliphatic rings. The molecule has 0 spiro atoms. The number of alkyl halides is 1. The minimum atomic E-state index is -0.405. The summed E-state index contributed by atoms with van der Waals surface area (Å²) in [6, 6.07) is 1.82. The molecular weight excluding hydrogens is 230 g/mol. The van der Waals surface area contributed by atoms with Gasteiger partial charge in [-0.3, -0.25) is 4.79 Å². The topological polar surface area (TPSA) is 74.1 Å². The van der Waals surface area contributed by atoms with E-state index in [9.17, 15) is 4.79 Å². The number of amides is 1. The third kappa shape index (κ3) is 7.10. The molecule has 16 heavy (non-hydrogen) atoms. The summed E-state index contributed by atoms with van der Waals surface area (Å²) in [5.41, 5.74) is 0.0469. The maximum Gasteiger partial charge on any atom is 0.263 e. The number of hydrogen-bond donors (Lipinski definition) is 2. The number of ether oxygens (including phenoxy) is 1. The van der Waals surface area contributed by atoms with Crippen LogP contribution < -0.4 is 10.6 Å². The Morgan fingerprint density at radius 2 is 2.31 bits per heavy atom. The zero-order chi connectivity index (χ0) is 12.2. The Morgan fingerprint density at radius 3 is 2.88 bits per heavy atom. The van der Waals surface area contributed by atoms with Crippen LogP contribution in [0.1, 0.15) is 6.42 Å². The average molecular weight is 246 g/mol. The number of nitrogens with zero attached hydrogens (tertiary/aromatic N) is 1. The first-order chi connectivity index (χ1) is 7.76. The normalized spacial score (nSPS) is 10.7. The van der Waals surface area contributed by atoms with Crippen molar-refractivity contribution >= 4 is 17.5 Å². The highest BCUT2D eigenvalue weighted by atomic mass is 35.5. The summed E-state index contributed by atoms with van der Waals surface area (Å²) in [7, 11) is 1.54. The fourth-order valence-electron chi connectivity index (χ4n) is 0.854. The van der Waals surface area contributed by atoms with Gasteiger partial charge in [-0.2, -0.15) is 5.26 Å². The second kappa shape index (κ2) is 10.3. The number of methoxy groups -OCH3 is 1. The van der Waals surface area contributed by atoms with Gasteiger partial charge in [-0.05, 0) is 6.42 Å². The van der Waals surface area contributed by atoms with Gasteiger partial charge in [0.1, 0.15) is 11.6 Å². The Morgan fingerprint density at radius 1 is 1.56 bits per heavy atom. The molecule has 0 saturated heterocycles. The molecule has 0 aliphatic carbocycles. The van der Waals surface area contributed by atoms with E-state index in [0.29, 0.717) is 25.6 Å². The predicted molar refractivity (Wildman–Crippen MR) is 61.9 cm³/mol. The Balaban J connectivity index is 3.96. The zero-order valence-corrected chi connectivity index (χ0v) is 10.0. The van der Waals surface area contributed by atoms with Gasteiger partial charge in [0.05, 0.1) is 6.61 Å². The predicted octanol–water partition coefficient (Wildman–Crippen LogP) is 0.375. The van der Waals surface area contributed by atoms with Crippen molar-refractivity contribution in [2.24, 2.45) is 0 Å². The first kappa shape index (κ1) is 14.8. The fraction of sp³-hybridized carbons (Fsp3) is 0.600. The van der Waals surface area contributed by atoms with Gasteiger partial charge in [0.15, 0.2) is 0 Å². The van der Waals surface area contributed by atoms with Gasteiger partial charge < -0.3 is 15.4 Å². The molecule has 0 fully saturated rings. The molecule has 0 radical (unpaired) electrons. The van der Waals surface area contributed by atoms with Crippen LogP contribution in [-0.2, 0) is 9.53 Å². The van der Waals surface area contributed by atoms with Crippen molar-refractivity contribution in [1.29, 1.82) is 5.26 Å².